The van der Waals surface area contributed by atoms with Crippen LogP contribution in [0.25, 0.3) is 17.2 Å². The summed E-state index contributed by atoms with van der Waals surface area (Å²) in [7, 11) is 0. The third-order valence-electron chi connectivity index (χ3n) is 5.64. The summed E-state index contributed by atoms with van der Waals surface area (Å²) in [4.78, 5) is 11.2. The molecule has 0 saturated heterocycles. The van der Waals surface area contributed by atoms with Crippen molar-refractivity contribution in [2.75, 3.05) is 0 Å². The normalized spacial score (nSPS) is 15.4. The third kappa shape index (κ3) is 4.61. The van der Waals surface area contributed by atoms with Gasteiger partial charge in [0.2, 0.25) is 5.71 Å². The van der Waals surface area contributed by atoms with Crippen LogP contribution >= 0.6 is 0 Å². The van der Waals surface area contributed by atoms with Crippen LogP contribution in [-0.2, 0) is 4.79 Å². The van der Waals surface area contributed by atoms with E-state index in [9.17, 15) is 4.79 Å². The van der Waals surface area contributed by atoms with E-state index in [4.69, 9.17) is 0 Å². The molecule has 0 aromatic heterocycles. The Kier molecular flexibility index (Phi) is 5.77. The van der Waals surface area contributed by atoms with Gasteiger partial charge >= 0.3 is 0 Å². The Morgan fingerprint density at radius 2 is 1.58 bits per heavy atom. The number of rotatable bonds is 3. The molecule has 4 aliphatic carbocycles. The van der Waals surface area contributed by atoms with Crippen molar-refractivity contribution in [1.82, 2.24) is 0 Å². The lowest BCUT2D eigenvalue weighted by Gasteiger charge is -2.05. The van der Waals surface area contributed by atoms with Crippen LogP contribution in [-0.4, -0.2) is 17.2 Å². The molecule has 0 aromatic carbocycles. The molecule has 0 unspecified atom stereocenters. The summed E-state index contributed by atoms with van der Waals surface area (Å²) in [5.41, 5.74) is 10.6. The van der Waals surface area contributed by atoms with Crippen LogP contribution in [0.3, 0.4) is 0 Å². The van der Waals surface area contributed by atoms with E-state index in [1.165, 1.54) is 45.5 Å². The Labute approximate surface area is 183 Å². The number of fused-ring (bicyclic) bond motifs is 1. The SMILES string of the molecule is Cc1cc(C=C2C=CC(=[NH+]N=C3C=CC(=O)C=C3)C=C2)c2c(C)ccc(C(C)C)cc1-2. The van der Waals surface area contributed by atoms with Gasteiger partial charge in [0.1, 0.15) is 5.71 Å². The number of hydrogen-bond donors (Lipinski definition) is 1. The molecule has 0 atom stereocenters. The van der Waals surface area contributed by atoms with E-state index in [0.29, 0.717) is 5.92 Å². The number of allylic oxidation sites excluding steroid dienone is 9. The molecule has 154 valence electrons. The Hall–Kier alpha value is -3.59. The molecule has 1 N–H and O–H groups in total. The fourth-order valence-electron chi connectivity index (χ4n) is 3.84. The van der Waals surface area contributed by atoms with Gasteiger partial charge in [-0.2, -0.15) is 0 Å². The highest BCUT2D eigenvalue weighted by Crippen LogP contribution is 2.37. The van der Waals surface area contributed by atoms with Crippen molar-refractivity contribution in [2.45, 2.75) is 33.6 Å². The molecule has 0 radical (unpaired) electrons. The lowest BCUT2D eigenvalue weighted by Crippen LogP contribution is -2.66. The largest absolute Gasteiger partial charge is 0.290 e. The van der Waals surface area contributed by atoms with Crippen LogP contribution in [0.1, 0.15) is 42.0 Å². The van der Waals surface area contributed by atoms with Crippen molar-refractivity contribution in [3.8, 4) is 11.1 Å². The smallest absolute Gasteiger partial charge is 0.229 e. The van der Waals surface area contributed by atoms with Gasteiger partial charge in [0.05, 0.1) is 0 Å². The molecule has 31 heavy (non-hydrogen) atoms. The number of hydrazone groups is 1. The van der Waals surface area contributed by atoms with Crippen molar-refractivity contribution in [3.05, 3.63) is 101 Å². The first-order chi connectivity index (χ1) is 14.9. The molecule has 0 aliphatic heterocycles. The van der Waals surface area contributed by atoms with Gasteiger partial charge in [-0.3, -0.25) is 4.79 Å². The number of carbonyl (C=O) groups is 1. The highest BCUT2D eigenvalue weighted by molar-refractivity contribution is 6.16. The van der Waals surface area contributed by atoms with Crippen LogP contribution in [0.5, 0.6) is 0 Å². The average Bonchev–Trinajstić information content (AvgIpc) is 2.93. The first kappa shape index (κ1) is 20.7. The lowest BCUT2D eigenvalue weighted by molar-refractivity contribution is -0.460. The second-order valence-electron chi connectivity index (χ2n) is 8.37. The Morgan fingerprint density at radius 1 is 0.871 bits per heavy atom. The van der Waals surface area contributed by atoms with Crippen molar-refractivity contribution >= 4 is 23.3 Å². The van der Waals surface area contributed by atoms with E-state index < -0.39 is 0 Å². The highest BCUT2D eigenvalue weighted by atomic mass is 16.1. The van der Waals surface area contributed by atoms with Gasteiger partial charge in [0.25, 0.3) is 0 Å². The summed E-state index contributed by atoms with van der Waals surface area (Å²) in [6, 6.07) is 9.11. The number of aryl methyl sites for hydroxylation is 2. The molecular formula is C28H27N2O+. The van der Waals surface area contributed by atoms with Gasteiger partial charge in [-0.1, -0.05) is 43.2 Å². The van der Waals surface area contributed by atoms with E-state index in [1.54, 1.807) is 12.2 Å². The van der Waals surface area contributed by atoms with Crippen LogP contribution in [0, 0.1) is 13.8 Å². The van der Waals surface area contributed by atoms with Crippen molar-refractivity contribution in [1.29, 1.82) is 0 Å². The second kappa shape index (κ2) is 8.65. The van der Waals surface area contributed by atoms with Crippen molar-refractivity contribution < 1.29 is 9.90 Å². The van der Waals surface area contributed by atoms with Crippen LogP contribution in [0.4, 0.5) is 0 Å². The minimum absolute atomic E-state index is 0.0154. The van der Waals surface area contributed by atoms with Gasteiger partial charge in [-0.25, -0.2) is 0 Å². The summed E-state index contributed by atoms with van der Waals surface area (Å²) in [6.45, 7) is 8.86. The zero-order valence-corrected chi connectivity index (χ0v) is 18.4. The Morgan fingerprint density at radius 3 is 2.26 bits per heavy atom. The number of hydrogen-bond acceptors (Lipinski definition) is 2. The molecule has 3 nitrogen and oxygen atoms in total. The lowest BCUT2D eigenvalue weighted by atomic mass is 9.99. The van der Waals surface area contributed by atoms with Gasteiger partial charge in [-0.15, -0.1) is 0 Å². The summed E-state index contributed by atoms with van der Waals surface area (Å²) in [5.74, 6) is 0.485. The minimum atomic E-state index is -0.0154. The summed E-state index contributed by atoms with van der Waals surface area (Å²) >= 11 is 0. The van der Waals surface area contributed by atoms with Gasteiger partial charge in [-0.05, 0) is 106 Å². The molecule has 4 aliphatic rings. The molecule has 3 heteroatoms. The standard InChI is InChI=1S/C28H26N2O/c1-18(2)22-8-5-19(3)28-23(15-20(4)27(28)17-22)16-21-6-9-24(10-7-21)29-30-25-11-13-26(31)14-12-25/h5-18H,1-4H3/p+1. The predicted octanol–water partition coefficient (Wildman–Crippen LogP) is 4.61. The fourth-order valence-corrected chi connectivity index (χ4v) is 3.84. The molecule has 0 saturated carbocycles. The van der Waals surface area contributed by atoms with E-state index >= 15 is 0 Å². The number of carbonyl (C=O) groups excluding carboxylic acids is 1. The van der Waals surface area contributed by atoms with Crippen LogP contribution < -0.4 is 5.10 Å². The molecule has 0 spiro atoms. The maximum absolute atomic E-state index is 11.2. The monoisotopic (exact) mass is 407 g/mol. The maximum Gasteiger partial charge on any atom is 0.229 e. The van der Waals surface area contributed by atoms with Crippen molar-refractivity contribution in [2.24, 2.45) is 5.10 Å². The minimum Gasteiger partial charge on any atom is -0.290 e. The summed E-state index contributed by atoms with van der Waals surface area (Å²) in [5, 5.41) is 7.36. The highest BCUT2D eigenvalue weighted by Gasteiger charge is 2.16. The van der Waals surface area contributed by atoms with Crippen LogP contribution in [0.2, 0.25) is 0 Å². The topological polar surface area (TPSA) is 43.4 Å². The number of nitrogens with zero attached hydrogens (tertiary/aromatic N) is 1. The van der Waals surface area contributed by atoms with E-state index in [2.05, 4.69) is 80.4 Å². The molecule has 0 amide bonds. The van der Waals surface area contributed by atoms with Crippen LogP contribution in [0.15, 0.2) is 83.5 Å². The summed E-state index contributed by atoms with van der Waals surface area (Å²) < 4.78 is 0. The number of nitrogens with one attached hydrogen (secondary N) is 1. The van der Waals surface area contributed by atoms with Gasteiger partial charge < -0.3 is 0 Å². The zero-order valence-electron chi connectivity index (χ0n) is 18.4. The molecule has 0 fully saturated rings. The Bertz CT molecular complexity index is 1190. The molecule has 0 bridgehead atoms. The van der Waals surface area contributed by atoms with Gasteiger partial charge in [0.15, 0.2) is 5.78 Å². The Balaban J connectivity index is 1.61. The molecule has 0 heterocycles. The summed E-state index contributed by atoms with van der Waals surface area (Å²) in [6.07, 6.45) is 16.9. The maximum atomic E-state index is 11.2. The first-order valence-electron chi connectivity index (χ1n) is 10.6. The molecule has 0 aromatic rings. The second-order valence-corrected chi connectivity index (χ2v) is 8.37. The van der Waals surface area contributed by atoms with E-state index in [0.717, 1.165) is 17.0 Å². The van der Waals surface area contributed by atoms with E-state index in [-0.39, 0.29) is 5.78 Å². The van der Waals surface area contributed by atoms with E-state index in [1.807, 2.05) is 12.2 Å². The molecular weight excluding hydrogens is 380 g/mol. The molecule has 4 rings (SSSR count). The number of ketones is 1. The zero-order chi connectivity index (χ0) is 22.0. The predicted molar refractivity (Wildman–Crippen MR) is 130 cm³/mol. The third-order valence-corrected chi connectivity index (χ3v) is 5.64. The van der Waals surface area contributed by atoms with Crippen molar-refractivity contribution in [3.63, 3.8) is 0 Å². The first-order valence-corrected chi connectivity index (χ1v) is 10.6. The fraction of sp³-hybridized carbons (Fsp3) is 0.179. The quantitative estimate of drug-likeness (QED) is 0.586. The average molecular weight is 408 g/mol. The van der Waals surface area contributed by atoms with Gasteiger partial charge in [0, 0.05) is 12.2 Å².